The number of aliphatic imine (C=N–C) groups is 1. The van der Waals surface area contributed by atoms with Crippen LogP contribution in [0.4, 0.5) is 4.39 Å². The molecule has 0 radical (unpaired) electrons. The Balaban J connectivity index is -0.000000236. The summed E-state index contributed by atoms with van der Waals surface area (Å²) < 4.78 is 11.6. The van der Waals surface area contributed by atoms with E-state index >= 15 is 0 Å². The van der Waals surface area contributed by atoms with Crippen LogP contribution in [0.1, 0.15) is 103 Å². The molecule has 1 unspecified atom stereocenters. The minimum atomic E-state index is -0.528. The number of benzene rings is 1. The van der Waals surface area contributed by atoms with Gasteiger partial charge >= 0.3 is 0 Å². The monoisotopic (exact) mass is 580 g/mol. The molecule has 2 rings (SSSR count). The highest BCUT2D eigenvalue weighted by Gasteiger charge is 2.43. The molecule has 9 nitrogen and oxygen atoms in total. The van der Waals surface area contributed by atoms with Gasteiger partial charge in [-0.1, -0.05) is 92.5 Å². The van der Waals surface area contributed by atoms with Crippen molar-refractivity contribution in [2.75, 3.05) is 0 Å². The molecule has 236 valence electrons. The van der Waals surface area contributed by atoms with Crippen molar-refractivity contribution >= 4 is 24.1 Å². The van der Waals surface area contributed by atoms with E-state index in [1.807, 2.05) is 34.6 Å². The van der Waals surface area contributed by atoms with Crippen LogP contribution in [0, 0.1) is 5.41 Å². The number of amidine groups is 1. The molecule has 10 heteroatoms. The summed E-state index contributed by atoms with van der Waals surface area (Å²) in [7, 11) is 0. The molecule has 1 aliphatic carbocycles. The number of halogens is 1. The van der Waals surface area contributed by atoms with Crippen molar-refractivity contribution in [3.63, 3.8) is 0 Å². The zero-order valence-corrected chi connectivity index (χ0v) is 26.6. The first-order valence-electron chi connectivity index (χ1n) is 14.1. The number of hydrogen-bond acceptors (Lipinski definition) is 5. The molecule has 1 fully saturated rings. The lowest BCUT2D eigenvalue weighted by molar-refractivity contribution is -0.122. The number of rotatable bonds is 9. The summed E-state index contributed by atoms with van der Waals surface area (Å²) in [4.78, 5) is 34.7. The lowest BCUT2D eigenvalue weighted by Gasteiger charge is -2.10. The van der Waals surface area contributed by atoms with Crippen molar-refractivity contribution in [3.05, 3.63) is 60.0 Å². The third-order valence-corrected chi connectivity index (χ3v) is 5.05. The molecule has 3 amide bonds. The predicted octanol–water partition coefficient (Wildman–Crippen LogP) is 5.06. The molecule has 0 aromatic heterocycles. The molecule has 1 aliphatic rings. The minimum Gasteiger partial charge on any atom is -0.386 e. The van der Waals surface area contributed by atoms with E-state index < -0.39 is 11.9 Å². The van der Waals surface area contributed by atoms with Gasteiger partial charge in [0.25, 0.3) is 0 Å². The average molecular weight is 581 g/mol. The van der Waals surface area contributed by atoms with Crippen molar-refractivity contribution < 1.29 is 18.8 Å². The lowest BCUT2D eigenvalue weighted by atomic mass is 10.0. The third kappa shape index (κ3) is 29.4. The van der Waals surface area contributed by atoms with Gasteiger partial charge in [-0.25, -0.2) is 9.38 Å². The smallest absolute Gasteiger partial charge is 0.248 e. The van der Waals surface area contributed by atoms with Gasteiger partial charge in [-0.15, -0.1) is 0 Å². The molecule has 0 spiro atoms. The van der Waals surface area contributed by atoms with Crippen LogP contribution < -0.4 is 28.7 Å². The maximum Gasteiger partial charge on any atom is 0.248 e. The van der Waals surface area contributed by atoms with Crippen LogP contribution in [0.15, 0.2) is 53.8 Å². The SMILES string of the molecule is C=C/C(F)=C\C.CC.CC(C)N.CC1(C(N)=O)CC1.CCCCC.NC(=O)c1ccc(CC(N)C(N)=NC=O)cc1. The second kappa shape index (κ2) is 28.2. The Morgan fingerprint density at radius 2 is 1.49 bits per heavy atom. The molecule has 1 aromatic carbocycles. The van der Waals surface area contributed by atoms with E-state index in [4.69, 9.17) is 28.7 Å². The van der Waals surface area contributed by atoms with Crippen LogP contribution in [0.3, 0.4) is 0 Å². The molecule has 0 saturated heterocycles. The summed E-state index contributed by atoms with van der Waals surface area (Å²) in [6, 6.07) is 6.48. The Kier molecular flexibility index (Phi) is 30.7. The highest BCUT2D eigenvalue weighted by molar-refractivity contribution is 5.93. The van der Waals surface area contributed by atoms with E-state index in [9.17, 15) is 18.8 Å². The number of carbonyl (C=O) groups is 3. The summed E-state index contributed by atoms with van der Waals surface area (Å²) in [5.41, 5.74) is 27.6. The first kappa shape index (κ1) is 44.6. The van der Waals surface area contributed by atoms with Crippen LogP contribution >= 0.6 is 0 Å². The molecule has 0 heterocycles. The van der Waals surface area contributed by atoms with E-state index in [-0.39, 0.29) is 23.0 Å². The van der Waals surface area contributed by atoms with Crippen LogP contribution in [0.5, 0.6) is 0 Å². The zero-order chi connectivity index (χ0) is 33.0. The highest BCUT2D eigenvalue weighted by atomic mass is 19.1. The summed E-state index contributed by atoms with van der Waals surface area (Å²) in [6.45, 7) is 19.0. The fourth-order valence-electron chi connectivity index (χ4n) is 2.23. The number of allylic oxidation sites excluding steroid dienone is 3. The molecule has 0 aliphatic heterocycles. The Morgan fingerprint density at radius 1 is 1.05 bits per heavy atom. The fraction of sp³-hybridized carbons (Fsp3) is 0.548. The van der Waals surface area contributed by atoms with Gasteiger partial charge in [0.05, 0.1) is 6.04 Å². The number of primary amides is 2. The normalized spacial score (nSPS) is 13.3. The largest absolute Gasteiger partial charge is 0.386 e. The molecular weight excluding hydrogens is 523 g/mol. The number of carbonyl (C=O) groups excluding carboxylic acids is 3. The van der Waals surface area contributed by atoms with Gasteiger partial charge in [-0.3, -0.25) is 14.4 Å². The summed E-state index contributed by atoms with van der Waals surface area (Å²) >= 11 is 0. The Bertz CT molecular complexity index is 891. The van der Waals surface area contributed by atoms with Gasteiger partial charge in [0.1, 0.15) is 11.7 Å². The van der Waals surface area contributed by atoms with Crippen molar-refractivity contribution in [2.24, 2.45) is 39.1 Å². The molecule has 1 saturated carbocycles. The Morgan fingerprint density at radius 3 is 1.68 bits per heavy atom. The van der Waals surface area contributed by atoms with Gasteiger partial charge in [0.15, 0.2) is 0 Å². The first-order valence-corrected chi connectivity index (χ1v) is 14.1. The average Bonchev–Trinajstić information content (AvgIpc) is 3.70. The van der Waals surface area contributed by atoms with Crippen LogP contribution in [-0.4, -0.2) is 36.1 Å². The van der Waals surface area contributed by atoms with Crippen LogP contribution in [-0.2, 0) is 16.0 Å². The van der Waals surface area contributed by atoms with Crippen LogP contribution in [0.2, 0.25) is 0 Å². The predicted molar refractivity (Wildman–Crippen MR) is 172 cm³/mol. The van der Waals surface area contributed by atoms with Crippen molar-refractivity contribution in [3.8, 4) is 0 Å². The molecule has 1 aromatic rings. The summed E-state index contributed by atoms with van der Waals surface area (Å²) in [5, 5.41) is 0. The van der Waals surface area contributed by atoms with Gasteiger partial charge in [-0.05, 0) is 56.0 Å². The topological polar surface area (TPSA) is 194 Å². The third-order valence-electron chi connectivity index (χ3n) is 5.05. The second-order valence-electron chi connectivity index (χ2n) is 9.43. The summed E-state index contributed by atoms with van der Waals surface area (Å²) in [6.07, 6.45) is 9.36. The molecule has 10 N–H and O–H groups in total. The second-order valence-corrected chi connectivity index (χ2v) is 9.43. The van der Waals surface area contributed by atoms with E-state index in [1.165, 1.54) is 31.4 Å². The highest BCUT2D eigenvalue weighted by Crippen LogP contribution is 2.44. The fourth-order valence-corrected chi connectivity index (χ4v) is 2.23. The molecule has 41 heavy (non-hydrogen) atoms. The van der Waals surface area contributed by atoms with Gasteiger partial charge in [0, 0.05) is 11.0 Å². The van der Waals surface area contributed by atoms with E-state index in [0.717, 1.165) is 18.4 Å². The molecular formula is C31H57FN6O3. The number of amides is 3. The number of nitrogens with zero attached hydrogens (tertiary/aromatic N) is 1. The van der Waals surface area contributed by atoms with Gasteiger partial charge in [0.2, 0.25) is 18.2 Å². The minimum absolute atomic E-state index is 0.0824. The summed E-state index contributed by atoms with van der Waals surface area (Å²) in [5.74, 6) is -0.815. The number of hydrogen-bond donors (Lipinski definition) is 5. The number of nitrogens with two attached hydrogens (primary N) is 5. The Hall–Kier alpha value is -3.37. The molecule has 0 bridgehead atoms. The zero-order valence-electron chi connectivity index (χ0n) is 26.6. The van der Waals surface area contributed by atoms with Gasteiger partial charge in [-0.2, -0.15) is 0 Å². The van der Waals surface area contributed by atoms with Gasteiger partial charge < -0.3 is 28.7 Å². The van der Waals surface area contributed by atoms with Crippen LogP contribution in [0.25, 0.3) is 0 Å². The Labute approximate surface area is 247 Å². The quantitative estimate of drug-likeness (QED) is 0.117. The van der Waals surface area contributed by atoms with E-state index in [0.29, 0.717) is 24.4 Å². The molecule has 1 atom stereocenters. The maximum atomic E-state index is 11.6. The first-order chi connectivity index (χ1) is 19.1. The van der Waals surface area contributed by atoms with Crippen molar-refractivity contribution in [1.82, 2.24) is 0 Å². The van der Waals surface area contributed by atoms with E-state index in [1.54, 1.807) is 31.2 Å². The maximum absolute atomic E-state index is 11.6. The van der Waals surface area contributed by atoms with Crippen molar-refractivity contribution in [2.45, 2.75) is 106 Å². The number of unbranched alkanes of at least 4 members (excludes halogenated alkanes) is 2. The lowest BCUT2D eigenvalue weighted by Crippen LogP contribution is -2.38. The van der Waals surface area contributed by atoms with E-state index in [2.05, 4.69) is 25.4 Å². The van der Waals surface area contributed by atoms with Crippen molar-refractivity contribution in [1.29, 1.82) is 0 Å². The standard InChI is InChI=1S/C11H14N4O2.C5H7F.C5H9NO.C5H12.C3H9N.C2H6/c12-9(10(13)15-6-16)5-7-1-3-8(4-2-7)11(14)17;1-3-5(6)4-2;1-5(2-3-5)4(6)7;1-3-5-4-2;1-3(2)4;1-2/h1-4,6,9H,5,12H2,(H2,14,17)(H2,13,15,16);3-4H,1H2,2H3;2-3H2,1H3,(H2,6,7);3-5H2,1-2H3;3H,4H2,1-2H3;1-2H3/b;5-4+;;;;.